The van der Waals surface area contributed by atoms with E-state index in [2.05, 4.69) is 30.3 Å². The Balaban J connectivity index is 1.72. The Kier molecular flexibility index (Phi) is 11.2. The predicted octanol–water partition coefficient (Wildman–Crippen LogP) is 7.14. The van der Waals surface area contributed by atoms with E-state index >= 15 is 0 Å². The van der Waals surface area contributed by atoms with Gasteiger partial charge >= 0.3 is 0 Å². The number of aryl methyl sites for hydroxylation is 2. The maximum atomic E-state index is 12.8. The van der Waals surface area contributed by atoms with Crippen LogP contribution < -0.4 is 0 Å². The van der Waals surface area contributed by atoms with E-state index in [1.165, 1.54) is 0 Å². The van der Waals surface area contributed by atoms with E-state index in [-0.39, 0.29) is 23.3 Å². The summed E-state index contributed by atoms with van der Waals surface area (Å²) in [5.74, 6) is 0.143. The second kappa shape index (κ2) is 13.9. The predicted molar refractivity (Wildman–Crippen MR) is 139 cm³/mol. The summed E-state index contributed by atoms with van der Waals surface area (Å²) in [7, 11) is 0. The lowest BCUT2D eigenvalue weighted by Crippen LogP contribution is -2.17. The number of hydrogen-bond donors (Lipinski definition) is 0. The van der Waals surface area contributed by atoms with Gasteiger partial charge in [0.1, 0.15) is 11.5 Å². The smallest absolute Gasteiger partial charge is 0.186 e. The highest BCUT2D eigenvalue weighted by atomic mass is 32.1. The Hall–Kier alpha value is -2.73. The van der Waals surface area contributed by atoms with Gasteiger partial charge in [-0.2, -0.15) is 5.10 Å². The Labute approximate surface area is 207 Å². The molecule has 2 heterocycles. The molecule has 1 atom stereocenters. The summed E-state index contributed by atoms with van der Waals surface area (Å²) < 4.78 is 0. The van der Waals surface area contributed by atoms with Crippen LogP contribution in [0.15, 0.2) is 36.2 Å². The fourth-order valence-electron chi connectivity index (χ4n) is 4.04. The van der Waals surface area contributed by atoms with Gasteiger partial charge in [0.05, 0.1) is 5.69 Å². The van der Waals surface area contributed by atoms with Crippen molar-refractivity contribution >= 4 is 34.8 Å². The van der Waals surface area contributed by atoms with Crippen molar-refractivity contribution in [2.75, 3.05) is 0 Å². The van der Waals surface area contributed by atoms with Crippen molar-refractivity contribution in [3.05, 3.63) is 63.6 Å². The van der Waals surface area contributed by atoms with Crippen molar-refractivity contribution in [2.24, 2.45) is 5.92 Å². The molecule has 2 aromatic heterocycles. The SMILES string of the molecule is C=Cc1c(C(=O)CC(=C)CCCC(=O)CCCC(CCC)C(=O)c2ccc(C)nn2)csc1C. The van der Waals surface area contributed by atoms with Crippen molar-refractivity contribution in [1.82, 2.24) is 10.2 Å². The first-order valence-corrected chi connectivity index (χ1v) is 12.9. The van der Waals surface area contributed by atoms with Crippen molar-refractivity contribution in [2.45, 2.75) is 78.6 Å². The van der Waals surface area contributed by atoms with E-state index < -0.39 is 0 Å². The van der Waals surface area contributed by atoms with Crippen molar-refractivity contribution < 1.29 is 14.4 Å². The summed E-state index contributed by atoms with van der Waals surface area (Å²) in [5, 5.41) is 9.90. The summed E-state index contributed by atoms with van der Waals surface area (Å²) in [6, 6.07) is 3.53. The van der Waals surface area contributed by atoms with Crippen LogP contribution in [0.3, 0.4) is 0 Å². The summed E-state index contributed by atoms with van der Waals surface area (Å²) >= 11 is 1.55. The maximum Gasteiger partial charge on any atom is 0.186 e. The topological polar surface area (TPSA) is 77.0 Å². The van der Waals surface area contributed by atoms with Gasteiger partial charge in [-0.25, -0.2) is 0 Å². The fourth-order valence-corrected chi connectivity index (χ4v) is 4.92. The number of hydrogen-bond acceptors (Lipinski definition) is 6. The molecule has 0 saturated heterocycles. The highest BCUT2D eigenvalue weighted by Crippen LogP contribution is 2.26. The molecule has 0 radical (unpaired) electrons. The minimum atomic E-state index is -0.123. The van der Waals surface area contributed by atoms with Crippen molar-refractivity contribution in [3.63, 3.8) is 0 Å². The van der Waals surface area contributed by atoms with E-state index in [4.69, 9.17) is 0 Å². The molecule has 5 nitrogen and oxygen atoms in total. The highest BCUT2D eigenvalue weighted by molar-refractivity contribution is 7.10. The molecule has 34 heavy (non-hydrogen) atoms. The Morgan fingerprint density at radius 1 is 1.06 bits per heavy atom. The zero-order chi connectivity index (χ0) is 25.1. The Bertz CT molecular complexity index is 1020. The van der Waals surface area contributed by atoms with Crippen LogP contribution in [0, 0.1) is 19.8 Å². The molecular formula is C28H36N2O3S. The lowest BCUT2D eigenvalue weighted by Gasteiger charge is -2.14. The number of carbonyl (C=O) groups is 3. The molecule has 2 rings (SSSR count). The number of thiophene rings is 1. The molecule has 0 spiro atoms. The van der Waals surface area contributed by atoms with Crippen LogP contribution in [0.25, 0.3) is 6.08 Å². The lowest BCUT2D eigenvalue weighted by atomic mass is 9.90. The van der Waals surface area contributed by atoms with Gasteiger partial charge in [-0.1, -0.05) is 38.2 Å². The number of allylic oxidation sites excluding steroid dienone is 1. The number of rotatable bonds is 16. The molecule has 2 aromatic rings. The number of Topliss-reactive ketones (excluding diaryl/α,β-unsaturated/α-hetero) is 3. The van der Waals surface area contributed by atoms with Gasteiger partial charge in [0.15, 0.2) is 11.6 Å². The van der Waals surface area contributed by atoms with Gasteiger partial charge in [0.25, 0.3) is 0 Å². The molecule has 0 fully saturated rings. The van der Waals surface area contributed by atoms with E-state index in [1.54, 1.807) is 29.5 Å². The van der Waals surface area contributed by atoms with E-state index in [0.717, 1.165) is 34.5 Å². The molecular weight excluding hydrogens is 444 g/mol. The molecule has 0 aromatic carbocycles. The van der Waals surface area contributed by atoms with Crippen LogP contribution in [-0.2, 0) is 4.79 Å². The highest BCUT2D eigenvalue weighted by Gasteiger charge is 2.21. The van der Waals surface area contributed by atoms with Crippen LogP contribution in [-0.4, -0.2) is 27.5 Å². The minimum absolute atomic E-state index is 0.0168. The van der Waals surface area contributed by atoms with Crippen LogP contribution >= 0.6 is 11.3 Å². The number of aromatic nitrogens is 2. The average molecular weight is 481 g/mol. The monoisotopic (exact) mass is 480 g/mol. The number of ketones is 3. The fraction of sp³-hybridized carbons (Fsp3) is 0.464. The summed E-state index contributed by atoms with van der Waals surface area (Å²) in [5.41, 5.74) is 3.66. The summed E-state index contributed by atoms with van der Waals surface area (Å²) in [6.45, 7) is 13.7. The molecule has 6 heteroatoms. The third-order valence-electron chi connectivity index (χ3n) is 5.99. The van der Waals surface area contributed by atoms with E-state index in [9.17, 15) is 14.4 Å². The van der Waals surface area contributed by atoms with E-state index in [1.807, 2.05) is 19.2 Å². The van der Waals surface area contributed by atoms with Gasteiger partial charge in [-0.3, -0.25) is 14.4 Å². The van der Waals surface area contributed by atoms with Gasteiger partial charge in [-0.15, -0.1) is 16.4 Å². The molecule has 0 aliphatic carbocycles. The van der Waals surface area contributed by atoms with Crippen molar-refractivity contribution in [1.29, 1.82) is 0 Å². The number of nitrogens with zero attached hydrogens (tertiary/aromatic N) is 2. The second-order valence-electron chi connectivity index (χ2n) is 8.87. The maximum absolute atomic E-state index is 12.8. The van der Waals surface area contributed by atoms with Gasteiger partial charge < -0.3 is 0 Å². The first-order valence-electron chi connectivity index (χ1n) is 12.0. The zero-order valence-corrected chi connectivity index (χ0v) is 21.5. The molecule has 0 aliphatic rings. The van der Waals surface area contributed by atoms with E-state index in [0.29, 0.717) is 56.2 Å². The van der Waals surface area contributed by atoms with Gasteiger partial charge in [0, 0.05) is 41.0 Å². The normalized spacial score (nSPS) is 11.7. The first-order chi connectivity index (χ1) is 16.3. The Morgan fingerprint density at radius 2 is 1.79 bits per heavy atom. The quantitative estimate of drug-likeness (QED) is 0.188. The minimum Gasteiger partial charge on any atom is -0.300 e. The molecule has 0 N–H and O–H groups in total. The molecule has 182 valence electrons. The Morgan fingerprint density at radius 3 is 2.44 bits per heavy atom. The molecule has 0 aliphatic heterocycles. The molecule has 0 bridgehead atoms. The first kappa shape index (κ1) is 27.5. The van der Waals surface area contributed by atoms with Crippen LogP contribution in [0.4, 0.5) is 0 Å². The average Bonchev–Trinajstić information content (AvgIpc) is 3.19. The standard InChI is InChI=1S/C28H36N2O3S/c1-6-10-22(28(33)26-16-15-20(4)29-30-26)12-9-14-23(31)13-8-11-19(3)17-27(32)25-18-34-21(5)24(25)7-2/h7,15-16,18,22H,2-3,6,8-14,17H2,1,4-5H3. The van der Waals surface area contributed by atoms with Crippen LogP contribution in [0.5, 0.6) is 0 Å². The molecule has 0 saturated carbocycles. The second-order valence-corrected chi connectivity index (χ2v) is 9.95. The van der Waals surface area contributed by atoms with Crippen LogP contribution in [0.2, 0.25) is 0 Å². The summed E-state index contributed by atoms with van der Waals surface area (Å²) in [4.78, 5) is 38.8. The van der Waals surface area contributed by atoms with Crippen LogP contribution in [0.1, 0.15) is 102 Å². The summed E-state index contributed by atoms with van der Waals surface area (Å²) in [6.07, 6.45) is 7.38. The number of carbonyl (C=O) groups excluding carboxylic acids is 3. The third-order valence-corrected chi connectivity index (χ3v) is 6.92. The van der Waals surface area contributed by atoms with Gasteiger partial charge in [0.2, 0.25) is 0 Å². The van der Waals surface area contributed by atoms with Crippen molar-refractivity contribution in [3.8, 4) is 0 Å². The molecule has 0 amide bonds. The third kappa shape index (κ3) is 8.24. The van der Waals surface area contributed by atoms with Gasteiger partial charge in [-0.05, 0) is 63.6 Å². The zero-order valence-electron chi connectivity index (χ0n) is 20.7. The lowest BCUT2D eigenvalue weighted by molar-refractivity contribution is -0.119. The molecule has 1 unspecified atom stereocenters. The largest absolute Gasteiger partial charge is 0.300 e.